The maximum Gasteiger partial charge on any atom is 0.358 e. The molecule has 2 rings (SSSR count). The Morgan fingerprint density at radius 2 is 1.81 bits per heavy atom. The minimum Gasteiger partial charge on any atom is -0.466 e. The summed E-state index contributed by atoms with van der Waals surface area (Å²) in [4.78, 5) is 35.6. The van der Waals surface area contributed by atoms with Gasteiger partial charge in [0.1, 0.15) is 0 Å². The van der Waals surface area contributed by atoms with Gasteiger partial charge < -0.3 is 14.2 Å². The third-order valence-electron chi connectivity index (χ3n) is 3.16. The lowest BCUT2D eigenvalue weighted by atomic mass is 10.0. The van der Waals surface area contributed by atoms with Gasteiger partial charge in [0.05, 0.1) is 18.2 Å². The molecular formula is C15H14O6. The molecule has 0 N–H and O–H groups in total. The van der Waals surface area contributed by atoms with Crippen molar-refractivity contribution in [3.63, 3.8) is 0 Å². The Bertz CT molecular complexity index is 631. The number of hydrogen-bond acceptors (Lipinski definition) is 6. The van der Waals surface area contributed by atoms with E-state index in [9.17, 15) is 14.4 Å². The van der Waals surface area contributed by atoms with Crippen molar-refractivity contribution in [3.8, 4) is 0 Å². The number of carbonyl (C=O) groups is 3. The zero-order chi connectivity index (χ0) is 15.6. The van der Waals surface area contributed by atoms with Gasteiger partial charge in [-0.2, -0.15) is 0 Å². The van der Waals surface area contributed by atoms with Crippen LogP contribution in [0.25, 0.3) is 0 Å². The van der Waals surface area contributed by atoms with Gasteiger partial charge in [0.15, 0.2) is 5.76 Å². The molecule has 6 nitrogen and oxygen atoms in total. The Hall–Kier alpha value is -2.63. The lowest BCUT2D eigenvalue weighted by molar-refractivity contribution is -0.170. The van der Waals surface area contributed by atoms with Crippen molar-refractivity contribution in [3.05, 3.63) is 47.2 Å². The molecule has 6 heteroatoms. The van der Waals surface area contributed by atoms with Gasteiger partial charge in [-0.05, 0) is 26.0 Å². The first kappa shape index (κ1) is 14.8. The molecule has 0 radical (unpaired) electrons. The van der Waals surface area contributed by atoms with Crippen LogP contribution in [-0.2, 0) is 23.8 Å². The monoisotopic (exact) mass is 290 g/mol. The highest BCUT2D eigenvalue weighted by Crippen LogP contribution is 2.35. The highest BCUT2D eigenvalue weighted by molar-refractivity contribution is 6.00. The van der Waals surface area contributed by atoms with Gasteiger partial charge in [-0.1, -0.05) is 18.2 Å². The maximum absolute atomic E-state index is 12.1. The lowest BCUT2D eigenvalue weighted by Gasteiger charge is -2.22. The molecule has 1 aromatic carbocycles. The summed E-state index contributed by atoms with van der Waals surface area (Å²) in [7, 11) is 1.16. The van der Waals surface area contributed by atoms with Crippen LogP contribution in [0, 0.1) is 0 Å². The number of hydrogen-bond donors (Lipinski definition) is 0. The summed E-state index contributed by atoms with van der Waals surface area (Å²) in [5.74, 6) is -2.37. The van der Waals surface area contributed by atoms with E-state index in [1.165, 1.54) is 13.8 Å². The summed E-state index contributed by atoms with van der Waals surface area (Å²) in [6.07, 6.45) is 0. The minimum absolute atomic E-state index is 0.0622. The van der Waals surface area contributed by atoms with Gasteiger partial charge in [0.25, 0.3) is 5.60 Å². The fourth-order valence-corrected chi connectivity index (χ4v) is 1.99. The van der Waals surface area contributed by atoms with Gasteiger partial charge in [-0.15, -0.1) is 0 Å². The number of cyclic esters (lactones) is 1. The summed E-state index contributed by atoms with van der Waals surface area (Å²) in [5, 5.41) is 0. The van der Waals surface area contributed by atoms with E-state index in [4.69, 9.17) is 9.47 Å². The molecule has 0 saturated heterocycles. The van der Waals surface area contributed by atoms with E-state index in [1.807, 2.05) is 0 Å². The molecule has 1 aliphatic rings. The van der Waals surface area contributed by atoms with Crippen LogP contribution in [0.4, 0.5) is 0 Å². The van der Waals surface area contributed by atoms with Crippen LogP contribution in [-0.4, -0.2) is 30.6 Å². The number of benzene rings is 1. The molecule has 1 unspecified atom stereocenters. The predicted molar refractivity (Wildman–Crippen MR) is 71.1 cm³/mol. The SMILES string of the molecule is COC(=O)C1(C)OC(=O)C(C)=C1OC(=O)c1ccccc1. The van der Waals surface area contributed by atoms with E-state index in [0.29, 0.717) is 5.56 Å². The van der Waals surface area contributed by atoms with Gasteiger partial charge >= 0.3 is 17.9 Å². The van der Waals surface area contributed by atoms with Gasteiger partial charge in [0.2, 0.25) is 0 Å². The van der Waals surface area contributed by atoms with Crippen molar-refractivity contribution in [2.45, 2.75) is 19.4 Å². The summed E-state index contributed by atoms with van der Waals surface area (Å²) < 4.78 is 14.8. The van der Waals surface area contributed by atoms with Crippen molar-refractivity contribution in [1.82, 2.24) is 0 Å². The van der Waals surface area contributed by atoms with Crippen molar-refractivity contribution in [2.24, 2.45) is 0 Å². The van der Waals surface area contributed by atoms with E-state index < -0.39 is 23.5 Å². The standard InChI is InChI=1S/C15H14O6/c1-9-11(15(2,14(18)19-3)21-12(9)16)20-13(17)10-7-5-4-6-8-10/h4-8H,1-3H3. The zero-order valence-electron chi connectivity index (χ0n) is 11.8. The molecule has 0 saturated carbocycles. The Labute approximate surface area is 121 Å². The topological polar surface area (TPSA) is 78.9 Å². The molecule has 0 bridgehead atoms. The molecule has 0 amide bonds. The Morgan fingerprint density at radius 1 is 1.19 bits per heavy atom. The van der Waals surface area contributed by atoms with Gasteiger partial charge in [0, 0.05) is 0 Å². The second kappa shape index (κ2) is 5.40. The fraction of sp³-hybridized carbons (Fsp3) is 0.267. The number of methoxy groups -OCH3 is 1. The molecule has 1 heterocycles. The average molecular weight is 290 g/mol. The second-order valence-corrected chi connectivity index (χ2v) is 4.62. The second-order valence-electron chi connectivity index (χ2n) is 4.62. The molecular weight excluding hydrogens is 276 g/mol. The quantitative estimate of drug-likeness (QED) is 0.621. The predicted octanol–water partition coefficient (Wildman–Crippen LogP) is 1.61. The highest BCUT2D eigenvalue weighted by Gasteiger charge is 2.52. The lowest BCUT2D eigenvalue weighted by Crippen LogP contribution is -2.40. The summed E-state index contributed by atoms with van der Waals surface area (Å²) in [6.45, 7) is 2.74. The zero-order valence-corrected chi connectivity index (χ0v) is 11.8. The molecule has 0 aliphatic carbocycles. The normalized spacial score (nSPS) is 21.0. The van der Waals surface area contributed by atoms with E-state index in [1.54, 1.807) is 30.3 Å². The van der Waals surface area contributed by atoms with Crippen LogP contribution in [0.5, 0.6) is 0 Å². The van der Waals surface area contributed by atoms with E-state index >= 15 is 0 Å². The van der Waals surface area contributed by atoms with Crippen LogP contribution >= 0.6 is 0 Å². The van der Waals surface area contributed by atoms with Crippen molar-refractivity contribution in [1.29, 1.82) is 0 Å². The molecule has 1 aromatic rings. The summed E-state index contributed by atoms with van der Waals surface area (Å²) in [5.41, 5.74) is -1.39. The first-order valence-corrected chi connectivity index (χ1v) is 6.20. The van der Waals surface area contributed by atoms with Gasteiger partial charge in [-0.3, -0.25) is 0 Å². The molecule has 21 heavy (non-hydrogen) atoms. The van der Waals surface area contributed by atoms with Gasteiger partial charge in [-0.25, -0.2) is 14.4 Å². The molecule has 0 spiro atoms. The smallest absolute Gasteiger partial charge is 0.358 e. The van der Waals surface area contributed by atoms with Crippen LogP contribution < -0.4 is 0 Å². The Balaban J connectivity index is 2.34. The number of ether oxygens (including phenoxy) is 3. The molecule has 1 aliphatic heterocycles. The summed E-state index contributed by atoms with van der Waals surface area (Å²) >= 11 is 0. The van der Waals surface area contributed by atoms with Crippen LogP contribution in [0.15, 0.2) is 41.7 Å². The molecule has 1 atom stereocenters. The molecule has 0 aromatic heterocycles. The van der Waals surface area contributed by atoms with E-state index in [-0.39, 0.29) is 11.3 Å². The van der Waals surface area contributed by atoms with E-state index in [0.717, 1.165) is 7.11 Å². The van der Waals surface area contributed by atoms with Crippen molar-refractivity contribution < 1.29 is 28.6 Å². The first-order valence-electron chi connectivity index (χ1n) is 6.20. The van der Waals surface area contributed by atoms with Crippen molar-refractivity contribution >= 4 is 17.9 Å². The average Bonchev–Trinajstić information content (AvgIpc) is 2.71. The number of rotatable bonds is 3. The maximum atomic E-state index is 12.1. The summed E-state index contributed by atoms with van der Waals surface area (Å²) in [6, 6.07) is 8.22. The van der Waals surface area contributed by atoms with Crippen molar-refractivity contribution in [2.75, 3.05) is 7.11 Å². The van der Waals surface area contributed by atoms with Crippen LogP contribution in [0.2, 0.25) is 0 Å². The molecule has 110 valence electrons. The first-order chi connectivity index (χ1) is 9.90. The fourth-order valence-electron chi connectivity index (χ4n) is 1.99. The Kier molecular flexibility index (Phi) is 3.80. The molecule has 0 fully saturated rings. The number of esters is 3. The Morgan fingerprint density at radius 3 is 2.38 bits per heavy atom. The largest absolute Gasteiger partial charge is 0.466 e. The van der Waals surface area contributed by atoms with Crippen LogP contribution in [0.3, 0.4) is 0 Å². The minimum atomic E-state index is -1.75. The van der Waals surface area contributed by atoms with E-state index in [2.05, 4.69) is 4.74 Å². The third-order valence-corrected chi connectivity index (χ3v) is 3.16. The van der Waals surface area contributed by atoms with Crippen LogP contribution in [0.1, 0.15) is 24.2 Å². The third kappa shape index (κ3) is 2.52. The highest BCUT2D eigenvalue weighted by atomic mass is 16.6. The number of carbonyl (C=O) groups excluding carboxylic acids is 3.